The molecule has 1 atom stereocenters. The fourth-order valence-corrected chi connectivity index (χ4v) is 3.30. The number of halogens is 1. The van der Waals surface area contributed by atoms with Gasteiger partial charge in [0.15, 0.2) is 4.34 Å². The second-order valence-electron chi connectivity index (χ2n) is 4.38. The Morgan fingerprint density at radius 1 is 1.47 bits per heavy atom. The van der Waals surface area contributed by atoms with Crippen molar-refractivity contribution in [2.24, 2.45) is 5.73 Å². The van der Waals surface area contributed by atoms with E-state index in [9.17, 15) is 4.39 Å². The van der Waals surface area contributed by atoms with Crippen molar-refractivity contribution in [3.05, 3.63) is 35.4 Å². The van der Waals surface area contributed by atoms with Gasteiger partial charge in [0.1, 0.15) is 11.6 Å². The van der Waals surface area contributed by atoms with Gasteiger partial charge in [0.25, 0.3) is 0 Å². The maximum Gasteiger partial charge on any atom is 0.174 e. The summed E-state index contributed by atoms with van der Waals surface area (Å²) in [5, 5.41) is 0. The molecule has 1 aromatic carbocycles. The van der Waals surface area contributed by atoms with Crippen LogP contribution in [0.1, 0.15) is 25.2 Å². The van der Waals surface area contributed by atoms with Gasteiger partial charge in [-0.25, -0.2) is 9.37 Å². The maximum absolute atomic E-state index is 14.0. The third-order valence-electron chi connectivity index (χ3n) is 2.52. The van der Waals surface area contributed by atoms with Gasteiger partial charge in [-0.2, -0.15) is 4.37 Å². The van der Waals surface area contributed by atoms with E-state index in [1.54, 1.807) is 12.1 Å². The summed E-state index contributed by atoms with van der Waals surface area (Å²) in [5.74, 6) is 0.581. The predicted molar refractivity (Wildman–Crippen MR) is 77.2 cm³/mol. The van der Waals surface area contributed by atoms with E-state index >= 15 is 0 Å². The number of hydrogen-bond acceptors (Lipinski definition) is 5. The topological polar surface area (TPSA) is 51.8 Å². The summed E-state index contributed by atoms with van der Waals surface area (Å²) in [5.41, 5.74) is 6.63. The van der Waals surface area contributed by atoms with Gasteiger partial charge in [-0.1, -0.05) is 24.8 Å². The summed E-state index contributed by atoms with van der Waals surface area (Å²) in [6.45, 7) is 3.91. The second kappa shape index (κ2) is 6.45. The third kappa shape index (κ3) is 3.99. The van der Waals surface area contributed by atoms with E-state index in [1.165, 1.54) is 23.3 Å². The maximum atomic E-state index is 14.0. The fraction of sp³-hybridized carbons (Fsp3) is 0.385. The minimum atomic E-state index is -0.226. The first-order valence-electron chi connectivity index (χ1n) is 6.13. The van der Waals surface area contributed by atoms with Gasteiger partial charge in [0.05, 0.1) is 4.90 Å². The Morgan fingerprint density at radius 3 is 2.84 bits per heavy atom. The van der Waals surface area contributed by atoms with E-state index in [4.69, 9.17) is 5.73 Å². The fourth-order valence-electron chi connectivity index (χ4n) is 1.64. The van der Waals surface area contributed by atoms with Gasteiger partial charge in [-0.15, -0.1) is 0 Å². The molecule has 0 bridgehead atoms. The smallest absolute Gasteiger partial charge is 0.174 e. The first-order valence-corrected chi connectivity index (χ1v) is 7.72. The summed E-state index contributed by atoms with van der Waals surface area (Å²) in [6.07, 6.45) is 1.48. The van der Waals surface area contributed by atoms with Crippen LogP contribution in [0.4, 0.5) is 4.39 Å². The van der Waals surface area contributed by atoms with Crippen LogP contribution in [0.2, 0.25) is 0 Å². The van der Waals surface area contributed by atoms with Crippen molar-refractivity contribution < 1.29 is 4.39 Å². The van der Waals surface area contributed by atoms with Crippen LogP contribution in [0, 0.1) is 5.82 Å². The molecule has 3 nitrogen and oxygen atoms in total. The number of aryl methyl sites for hydroxylation is 1. The molecule has 0 radical (unpaired) electrons. The van der Waals surface area contributed by atoms with Crippen LogP contribution in [0.3, 0.4) is 0 Å². The summed E-state index contributed by atoms with van der Waals surface area (Å²) in [6, 6.07) is 5.28. The zero-order valence-corrected chi connectivity index (χ0v) is 12.5. The summed E-state index contributed by atoms with van der Waals surface area (Å²) >= 11 is 2.62. The zero-order valence-electron chi connectivity index (χ0n) is 10.9. The lowest BCUT2D eigenvalue weighted by atomic mass is 10.1. The molecule has 2 aromatic rings. The van der Waals surface area contributed by atoms with Gasteiger partial charge in [-0.05, 0) is 42.6 Å². The Morgan fingerprint density at radius 2 is 2.26 bits per heavy atom. The molecule has 0 spiro atoms. The highest BCUT2D eigenvalue weighted by Gasteiger charge is 2.10. The first-order chi connectivity index (χ1) is 9.08. The summed E-state index contributed by atoms with van der Waals surface area (Å²) in [7, 11) is 0. The molecule has 0 saturated heterocycles. The van der Waals surface area contributed by atoms with Gasteiger partial charge in [-0.3, -0.25) is 0 Å². The average molecular weight is 297 g/mol. The van der Waals surface area contributed by atoms with Gasteiger partial charge < -0.3 is 5.73 Å². The van der Waals surface area contributed by atoms with Crippen LogP contribution in [-0.2, 0) is 12.8 Å². The molecule has 0 aliphatic rings. The highest BCUT2D eigenvalue weighted by molar-refractivity contribution is 8.01. The Kier molecular flexibility index (Phi) is 4.90. The van der Waals surface area contributed by atoms with Crippen LogP contribution in [0.5, 0.6) is 0 Å². The van der Waals surface area contributed by atoms with E-state index in [0.29, 0.717) is 11.3 Å². The van der Waals surface area contributed by atoms with E-state index < -0.39 is 0 Å². The number of benzene rings is 1. The van der Waals surface area contributed by atoms with Gasteiger partial charge in [0.2, 0.25) is 0 Å². The van der Waals surface area contributed by atoms with E-state index in [-0.39, 0.29) is 11.9 Å². The monoisotopic (exact) mass is 297 g/mol. The molecule has 1 unspecified atom stereocenters. The zero-order chi connectivity index (χ0) is 13.8. The second-order valence-corrected chi connectivity index (χ2v) is 6.42. The van der Waals surface area contributed by atoms with E-state index in [2.05, 4.69) is 9.36 Å². The van der Waals surface area contributed by atoms with Crippen molar-refractivity contribution in [3.63, 3.8) is 0 Å². The Bertz CT molecular complexity index is 555. The number of nitrogens with two attached hydrogens (primary N) is 1. The lowest BCUT2D eigenvalue weighted by molar-refractivity contribution is 0.597. The van der Waals surface area contributed by atoms with Crippen LogP contribution in [-0.4, -0.2) is 15.4 Å². The molecule has 0 fully saturated rings. The molecule has 19 heavy (non-hydrogen) atoms. The molecule has 1 aromatic heterocycles. The molecule has 0 aliphatic carbocycles. The normalized spacial score (nSPS) is 12.6. The lowest BCUT2D eigenvalue weighted by Crippen LogP contribution is -2.17. The van der Waals surface area contributed by atoms with Crippen LogP contribution >= 0.6 is 23.3 Å². The minimum absolute atomic E-state index is 0.0354. The molecule has 2 rings (SSSR count). The standard InChI is InChI=1S/C13H16FN3S2/c1-3-12-16-13(19-17-12)18-11-5-4-9(6-8(2)15)7-10(11)14/h4-5,7-8H,3,6,15H2,1-2H3. The number of nitrogens with zero attached hydrogens (tertiary/aromatic N) is 2. The molecule has 0 aliphatic heterocycles. The quantitative estimate of drug-likeness (QED) is 0.920. The molecule has 1 heterocycles. The molecule has 102 valence electrons. The Hall–Kier alpha value is -0.980. The molecular weight excluding hydrogens is 281 g/mol. The first kappa shape index (κ1) is 14.4. The highest BCUT2D eigenvalue weighted by Crippen LogP contribution is 2.31. The van der Waals surface area contributed by atoms with Crippen LogP contribution in [0.25, 0.3) is 0 Å². The largest absolute Gasteiger partial charge is 0.328 e. The SMILES string of the molecule is CCc1nsc(Sc2ccc(CC(C)N)cc2F)n1. The number of aromatic nitrogens is 2. The van der Waals surface area contributed by atoms with Gasteiger partial charge >= 0.3 is 0 Å². The molecular formula is C13H16FN3S2. The van der Waals surface area contributed by atoms with E-state index in [1.807, 2.05) is 19.9 Å². The van der Waals surface area contributed by atoms with Crippen LogP contribution in [0.15, 0.2) is 27.4 Å². The van der Waals surface area contributed by atoms with Crippen molar-refractivity contribution in [1.82, 2.24) is 9.36 Å². The van der Waals surface area contributed by atoms with Gasteiger partial charge in [0, 0.05) is 12.5 Å². The predicted octanol–water partition coefficient (Wildman–Crippen LogP) is 3.28. The molecule has 6 heteroatoms. The van der Waals surface area contributed by atoms with Crippen molar-refractivity contribution in [3.8, 4) is 0 Å². The lowest BCUT2D eigenvalue weighted by Gasteiger charge is -2.07. The summed E-state index contributed by atoms with van der Waals surface area (Å²) in [4.78, 5) is 4.90. The van der Waals surface area contributed by atoms with E-state index in [0.717, 1.165) is 22.1 Å². The van der Waals surface area contributed by atoms with Crippen molar-refractivity contribution in [1.29, 1.82) is 0 Å². The number of rotatable bonds is 5. The Balaban J connectivity index is 2.12. The molecule has 0 saturated carbocycles. The van der Waals surface area contributed by atoms with Crippen molar-refractivity contribution in [2.75, 3.05) is 0 Å². The molecule has 0 amide bonds. The third-order valence-corrected chi connectivity index (χ3v) is 4.36. The van der Waals surface area contributed by atoms with Crippen molar-refractivity contribution in [2.45, 2.75) is 42.0 Å². The van der Waals surface area contributed by atoms with Crippen molar-refractivity contribution >= 4 is 23.3 Å². The minimum Gasteiger partial charge on any atom is -0.328 e. The summed E-state index contributed by atoms with van der Waals surface area (Å²) < 4.78 is 18.9. The Labute approximate surface area is 120 Å². The van der Waals surface area contributed by atoms with Crippen LogP contribution < -0.4 is 5.73 Å². The highest BCUT2D eigenvalue weighted by atomic mass is 32.2. The average Bonchev–Trinajstić information content (AvgIpc) is 2.80. The number of hydrogen-bond donors (Lipinski definition) is 1. The molecule has 2 N–H and O–H groups in total.